The lowest BCUT2D eigenvalue weighted by molar-refractivity contribution is -0.136. The summed E-state index contributed by atoms with van der Waals surface area (Å²) in [5.74, 6) is -0.898. The molecule has 1 aromatic heterocycles. The van der Waals surface area contributed by atoms with Crippen LogP contribution in [0.2, 0.25) is 0 Å². The lowest BCUT2D eigenvalue weighted by Crippen LogP contribution is -2.00. The molecule has 0 bridgehead atoms. The van der Waals surface area contributed by atoms with Crippen molar-refractivity contribution in [2.24, 2.45) is 0 Å². The van der Waals surface area contributed by atoms with Crippen LogP contribution in [0.3, 0.4) is 0 Å². The van der Waals surface area contributed by atoms with E-state index in [0.29, 0.717) is 11.1 Å². The minimum Gasteiger partial charge on any atom is -0.481 e. The Bertz CT molecular complexity index is 574. The van der Waals surface area contributed by atoms with Crippen LogP contribution in [0.5, 0.6) is 0 Å². The first-order chi connectivity index (χ1) is 7.60. The number of aldehydes is 1. The normalized spacial score (nSPS) is 10.6. The Morgan fingerprint density at radius 1 is 1.44 bits per heavy atom. The van der Waals surface area contributed by atoms with Crippen molar-refractivity contribution in [1.82, 2.24) is 0 Å². The molecule has 0 unspecified atom stereocenters. The predicted octanol–water partition coefficient (Wildman–Crippen LogP) is 3.10. The summed E-state index contributed by atoms with van der Waals surface area (Å²) >= 11 is 4.82. The standard InChI is InChI=1S/C11H7BrO3S/c12-9-4-7-1-6(3-10(14)15)2-8(5-13)11(7)16-9/h1-2,4-5H,3H2,(H,14,15). The number of halogens is 1. The Hall–Kier alpha value is -1.20. The molecule has 3 nitrogen and oxygen atoms in total. The van der Waals surface area contributed by atoms with Crippen molar-refractivity contribution in [2.45, 2.75) is 6.42 Å². The first kappa shape index (κ1) is 11.3. The molecule has 1 N–H and O–H groups in total. The summed E-state index contributed by atoms with van der Waals surface area (Å²) < 4.78 is 1.81. The molecule has 1 heterocycles. The molecule has 0 atom stereocenters. The number of hydrogen-bond acceptors (Lipinski definition) is 3. The van der Waals surface area contributed by atoms with E-state index in [4.69, 9.17) is 5.11 Å². The third-order valence-corrected chi connectivity index (χ3v) is 3.86. The topological polar surface area (TPSA) is 54.4 Å². The maximum absolute atomic E-state index is 10.9. The molecule has 0 amide bonds. The van der Waals surface area contributed by atoms with Crippen molar-refractivity contribution in [3.05, 3.63) is 33.1 Å². The van der Waals surface area contributed by atoms with Crippen molar-refractivity contribution >= 4 is 49.6 Å². The molecule has 0 aliphatic heterocycles. The van der Waals surface area contributed by atoms with Crippen molar-refractivity contribution in [3.8, 4) is 0 Å². The fraction of sp³-hybridized carbons (Fsp3) is 0.0909. The van der Waals surface area contributed by atoms with Gasteiger partial charge in [0.2, 0.25) is 0 Å². The molecule has 16 heavy (non-hydrogen) atoms. The van der Waals surface area contributed by atoms with Crippen molar-refractivity contribution < 1.29 is 14.7 Å². The maximum Gasteiger partial charge on any atom is 0.307 e. The number of carboxylic acids is 1. The van der Waals surface area contributed by atoms with E-state index in [-0.39, 0.29) is 6.42 Å². The first-order valence-corrected chi connectivity index (χ1v) is 6.10. The van der Waals surface area contributed by atoms with E-state index < -0.39 is 5.97 Å². The molecule has 0 radical (unpaired) electrons. The van der Waals surface area contributed by atoms with E-state index in [1.54, 1.807) is 12.1 Å². The van der Waals surface area contributed by atoms with Gasteiger partial charge in [0.1, 0.15) is 0 Å². The average Bonchev–Trinajstić information content (AvgIpc) is 2.56. The first-order valence-electron chi connectivity index (χ1n) is 4.49. The molecule has 82 valence electrons. The van der Waals surface area contributed by atoms with Gasteiger partial charge in [-0.1, -0.05) is 0 Å². The zero-order valence-electron chi connectivity index (χ0n) is 8.07. The fourth-order valence-corrected chi connectivity index (χ4v) is 3.15. The molecular formula is C11H7BrO3S. The van der Waals surface area contributed by atoms with Crippen LogP contribution in [0, 0.1) is 0 Å². The van der Waals surface area contributed by atoms with Crippen LogP contribution >= 0.6 is 27.3 Å². The van der Waals surface area contributed by atoms with Gasteiger partial charge in [-0.3, -0.25) is 9.59 Å². The zero-order valence-corrected chi connectivity index (χ0v) is 10.5. The Kier molecular flexibility index (Phi) is 3.07. The highest BCUT2D eigenvalue weighted by atomic mass is 79.9. The molecule has 0 aliphatic rings. The van der Waals surface area contributed by atoms with Gasteiger partial charge in [-0.15, -0.1) is 11.3 Å². The van der Waals surface area contributed by atoms with E-state index in [9.17, 15) is 9.59 Å². The summed E-state index contributed by atoms with van der Waals surface area (Å²) in [7, 11) is 0. The van der Waals surface area contributed by atoms with E-state index in [1.807, 2.05) is 6.07 Å². The largest absolute Gasteiger partial charge is 0.481 e. The molecule has 1 aromatic carbocycles. The minimum atomic E-state index is -0.898. The maximum atomic E-state index is 10.9. The van der Waals surface area contributed by atoms with Gasteiger partial charge in [0.25, 0.3) is 0 Å². The van der Waals surface area contributed by atoms with Crippen molar-refractivity contribution in [2.75, 3.05) is 0 Å². The summed E-state index contributed by atoms with van der Waals surface area (Å²) in [6.07, 6.45) is 0.695. The molecule has 2 aromatic rings. The molecule has 0 spiro atoms. The third kappa shape index (κ3) is 2.15. The number of rotatable bonds is 3. The highest BCUT2D eigenvalue weighted by molar-refractivity contribution is 9.11. The fourth-order valence-electron chi connectivity index (χ4n) is 1.58. The summed E-state index contributed by atoms with van der Waals surface area (Å²) in [5.41, 5.74) is 1.19. The van der Waals surface area contributed by atoms with Crippen LogP contribution in [0.4, 0.5) is 0 Å². The molecule has 0 fully saturated rings. The number of hydrogen-bond donors (Lipinski definition) is 1. The second-order valence-corrected chi connectivity index (χ2v) is 5.77. The Labute approximate surface area is 104 Å². The third-order valence-electron chi connectivity index (χ3n) is 2.16. The van der Waals surface area contributed by atoms with Gasteiger partial charge in [0, 0.05) is 10.3 Å². The Balaban J connectivity index is 2.62. The van der Waals surface area contributed by atoms with Crippen molar-refractivity contribution in [1.29, 1.82) is 0 Å². The second kappa shape index (κ2) is 4.35. The minimum absolute atomic E-state index is 0.0652. The molecule has 0 saturated heterocycles. The SMILES string of the molecule is O=Cc1cc(CC(=O)O)cc2cc(Br)sc12. The summed E-state index contributed by atoms with van der Waals surface area (Å²) in [4.78, 5) is 21.5. The summed E-state index contributed by atoms with van der Waals surface area (Å²) in [5, 5.41) is 9.61. The van der Waals surface area contributed by atoms with E-state index in [0.717, 1.165) is 20.2 Å². The lowest BCUT2D eigenvalue weighted by Gasteiger charge is -2.00. The number of thiophene rings is 1. The number of carbonyl (C=O) groups excluding carboxylic acids is 1. The highest BCUT2D eigenvalue weighted by Crippen LogP contribution is 2.32. The number of carbonyl (C=O) groups is 2. The summed E-state index contributed by atoms with van der Waals surface area (Å²) in [6, 6.07) is 5.32. The summed E-state index contributed by atoms with van der Waals surface area (Å²) in [6.45, 7) is 0. The van der Waals surface area contributed by atoms with Crippen LogP contribution in [-0.4, -0.2) is 17.4 Å². The lowest BCUT2D eigenvalue weighted by atomic mass is 10.1. The van der Waals surface area contributed by atoms with E-state index >= 15 is 0 Å². The van der Waals surface area contributed by atoms with E-state index in [2.05, 4.69) is 15.9 Å². The monoisotopic (exact) mass is 298 g/mol. The number of benzene rings is 1. The van der Waals surface area contributed by atoms with Gasteiger partial charge in [-0.05, 0) is 45.1 Å². The quantitative estimate of drug-likeness (QED) is 0.886. The Morgan fingerprint density at radius 3 is 2.81 bits per heavy atom. The number of fused-ring (bicyclic) bond motifs is 1. The van der Waals surface area contributed by atoms with Gasteiger partial charge >= 0.3 is 5.97 Å². The smallest absolute Gasteiger partial charge is 0.307 e. The zero-order chi connectivity index (χ0) is 11.7. The highest BCUT2D eigenvalue weighted by Gasteiger charge is 2.09. The van der Waals surface area contributed by atoms with Gasteiger partial charge in [-0.2, -0.15) is 0 Å². The molecular weight excluding hydrogens is 292 g/mol. The van der Waals surface area contributed by atoms with Gasteiger partial charge < -0.3 is 5.11 Å². The molecule has 0 saturated carbocycles. The van der Waals surface area contributed by atoms with Crippen LogP contribution in [0.15, 0.2) is 22.0 Å². The number of aliphatic carboxylic acids is 1. The van der Waals surface area contributed by atoms with E-state index in [1.165, 1.54) is 11.3 Å². The average molecular weight is 299 g/mol. The number of carboxylic acid groups (broad SMARTS) is 1. The molecule has 5 heteroatoms. The second-order valence-electron chi connectivity index (χ2n) is 3.34. The van der Waals surface area contributed by atoms with Crippen LogP contribution < -0.4 is 0 Å². The van der Waals surface area contributed by atoms with Crippen LogP contribution in [-0.2, 0) is 11.2 Å². The van der Waals surface area contributed by atoms with Gasteiger partial charge in [0.05, 0.1) is 10.2 Å². The predicted molar refractivity (Wildman–Crippen MR) is 66.3 cm³/mol. The van der Waals surface area contributed by atoms with Crippen molar-refractivity contribution in [3.63, 3.8) is 0 Å². The van der Waals surface area contributed by atoms with Gasteiger partial charge in [-0.25, -0.2) is 0 Å². The van der Waals surface area contributed by atoms with Gasteiger partial charge in [0.15, 0.2) is 6.29 Å². The molecule has 2 rings (SSSR count). The van der Waals surface area contributed by atoms with Crippen LogP contribution in [0.25, 0.3) is 10.1 Å². The van der Waals surface area contributed by atoms with Crippen LogP contribution in [0.1, 0.15) is 15.9 Å². The Morgan fingerprint density at radius 2 is 2.19 bits per heavy atom. The molecule has 0 aliphatic carbocycles.